The van der Waals surface area contributed by atoms with Crippen molar-refractivity contribution in [3.8, 4) is 5.75 Å². The largest absolute Gasteiger partial charge is 0.508 e. The molecule has 1 aliphatic heterocycles. The third kappa shape index (κ3) is 4.88. The van der Waals surface area contributed by atoms with Crippen LogP contribution in [0.25, 0.3) is 0 Å². The standard InChI is InChI=1S/C28H31FINO4/c1-14-18-9-11-21(28(3,4)29)15(2)25(18)31-22(14)13-20-23(32)12-10-19(24(20)30)26(33)16-5-7-17(8-6-16)27(34)35/h9-12,14,16-17,32H,5-8,13H2,1-4H3,(H,34,35). The summed E-state index contributed by atoms with van der Waals surface area (Å²) >= 11 is 2.13. The maximum atomic E-state index is 14.7. The van der Waals surface area contributed by atoms with Gasteiger partial charge in [-0.05, 0) is 97.9 Å². The summed E-state index contributed by atoms with van der Waals surface area (Å²) in [6, 6.07) is 7.01. The summed E-state index contributed by atoms with van der Waals surface area (Å²) in [4.78, 5) is 29.4. The van der Waals surface area contributed by atoms with Gasteiger partial charge in [0.1, 0.15) is 11.4 Å². The van der Waals surface area contributed by atoms with Crippen LogP contribution >= 0.6 is 22.6 Å². The van der Waals surface area contributed by atoms with E-state index in [1.165, 1.54) is 0 Å². The molecule has 1 atom stereocenters. The highest BCUT2D eigenvalue weighted by molar-refractivity contribution is 14.1. The predicted molar refractivity (Wildman–Crippen MR) is 143 cm³/mol. The van der Waals surface area contributed by atoms with Crippen LogP contribution in [0.5, 0.6) is 5.75 Å². The van der Waals surface area contributed by atoms with Crippen molar-refractivity contribution in [1.29, 1.82) is 0 Å². The molecule has 4 rings (SSSR count). The van der Waals surface area contributed by atoms with Gasteiger partial charge in [0, 0.05) is 38.7 Å². The van der Waals surface area contributed by atoms with E-state index in [0.717, 1.165) is 22.5 Å². The molecule has 1 unspecified atom stereocenters. The van der Waals surface area contributed by atoms with E-state index in [1.807, 2.05) is 19.1 Å². The molecule has 1 aliphatic carbocycles. The van der Waals surface area contributed by atoms with E-state index in [2.05, 4.69) is 29.5 Å². The number of halogens is 2. The Morgan fingerprint density at radius 2 is 1.74 bits per heavy atom. The highest BCUT2D eigenvalue weighted by atomic mass is 127. The van der Waals surface area contributed by atoms with Crippen LogP contribution in [0.2, 0.25) is 0 Å². The second-order valence-electron chi connectivity index (χ2n) is 10.3. The Kier molecular flexibility index (Phi) is 7.10. The maximum Gasteiger partial charge on any atom is 0.306 e. The number of fused-ring (bicyclic) bond motifs is 1. The average molecular weight is 591 g/mol. The van der Waals surface area contributed by atoms with Crippen LogP contribution in [-0.4, -0.2) is 27.7 Å². The van der Waals surface area contributed by atoms with Crippen molar-refractivity contribution in [3.63, 3.8) is 0 Å². The molecule has 1 heterocycles. The van der Waals surface area contributed by atoms with Crippen LogP contribution < -0.4 is 0 Å². The Bertz CT molecular complexity index is 1220. The number of hydrogen-bond acceptors (Lipinski definition) is 4. The number of rotatable bonds is 6. The molecule has 1 saturated carbocycles. The molecule has 7 heteroatoms. The first-order chi connectivity index (χ1) is 16.4. The number of phenolic OH excluding ortho intramolecular Hbond substituents is 1. The van der Waals surface area contributed by atoms with Crippen LogP contribution in [0, 0.1) is 22.3 Å². The molecule has 5 nitrogen and oxygen atoms in total. The zero-order chi connectivity index (χ0) is 25.7. The lowest BCUT2D eigenvalue weighted by atomic mass is 9.78. The molecule has 0 aromatic heterocycles. The molecule has 0 spiro atoms. The number of carboxylic acids is 1. The van der Waals surface area contributed by atoms with E-state index in [-0.39, 0.29) is 29.3 Å². The molecule has 0 bridgehead atoms. The van der Waals surface area contributed by atoms with Gasteiger partial charge in [0.2, 0.25) is 0 Å². The van der Waals surface area contributed by atoms with E-state index in [4.69, 9.17) is 4.99 Å². The van der Waals surface area contributed by atoms with Crippen LogP contribution in [0.4, 0.5) is 10.1 Å². The Hall–Kier alpha value is -2.29. The second-order valence-corrected chi connectivity index (χ2v) is 11.4. The van der Waals surface area contributed by atoms with Crippen molar-refractivity contribution in [2.75, 3.05) is 0 Å². The highest BCUT2D eigenvalue weighted by Gasteiger charge is 2.33. The normalized spacial score (nSPS) is 22.0. The van der Waals surface area contributed by atoms with E-state index >= 15 is 0 Å². The van der Waals surface area contributed by atoms with Crippen molar-refractivity contribution in [2.45, 2.75) is 71.4 Å². The van der Waals surface area contributed by atoms with E-state index in [1.54, 1.807) is 26.0 Å². The van der Waals surface area contributed by atoms with Crippen LogP contribution in [0.3, 0.4) is 0 Å². The fourth-order valence-electron chi connectivity index (χ4n) is 5.45. The number of aromatic hydroxyl groups is 1. The molecule has 1 fully saturated rings. The van der Waals surface area contributed by atoms with Gasteiger partial charge in [0.25, 0.3) is 0 Å². The summed E-state index contributed by atoms with van der Waals surface area (Å²) in [6.07, 6.45) is 2.54. The van der Waals surface area contributed by atoms with Crippen LogP contribution in [0.1, 0.15) is 85.0 Å². The summed E-state index contributed by atoms with van der Waals surface area (Å²) < 4.78 is 15.4. The summed E-state index contributed by atoms with van der Waals surface area (Å²) in [7, 11) is 0. The first-order valence-corrected chi connectivity index (χ1v) is 13.2. The molecule has 2 N–H and O–H groups in total. The Balaban J connectivity index is 1.61. The van der Waals surface area contributed by atoms with Crippen molar-refractivity contribution >= 4 is 45.7 Å². The first-order valence-electron chi connectivity index (χ1n) is 12.1. The lowest BCUT2D eigenvalue weighted by Gasteiger charge is -2.25. The maximum absolute atomic E-state index is 14.7. The van der Waals surface area contributed by atoms with Gasteiger partial charge in [-0.3, -0.25) is 14.6 Å². The molecule has 0 saturated heterocycles. The summed E-state index contributed by atoms with van der Waals surface area (Å²) in [5.41, 5.74) is 3.93. The van der Waals surface area contributed by atoms with Crippen LogP contribution in [-0.2, 0) is 16.9 Å². The molecule has 186 valence electrons. The van der Waals surface area contributed by atoms with Crippen molar-refractivity contribution < 1.29 is 24.2 Å². The number of benzene rings is 2. The topological polar surface area (TPSA) is 87.0 Å². The van der Waals surface area contributed by atoms with Gasteiger partial charge in [-0.25, -0.2) is 4.39 Å². The van der Waals surface area contributed by atoms with Crippen molar-refractivity contribution in [1.82, 2.24) is 0 Å². The number of phenols is 1. The fraction of sp³-hybridized carbons (Fsp3) is 0.464. The summed E-state index contributed by atoms with van der Waals surface area (Å²) in [5, 5.41) is 19.9. The monoisotopic (exact) mass is 591 g/mol. The van der Waals surface area contributed by atoms with E-state index in [0.29, 0.717) is 52.4 Å². The van der Waals surface area contributed by atoms with Gasteiger partial charge < -0.3 is 10.2 Å². The first kappa shape index (κ1) is 25.8. The fourth-order valence-corrected chi connectivity index (χ4v) is 6.36. The molecular weight excluding hydrogens is 560 g/mol. The molecule has 35 heavy (non-hydrogen) atoms. The Morgan fingerprint density at radius 1 is 1.11 bits per heavy atom. The van der Waals surface area contributed by atoms with Gasteiger partial charge >= 0.3 is 5.97 Å². The van der Waals surface area contributed by atoms with E-state index < -0.39 is 11.6 Å². The average Bonchev–Trinajstić information content (AvgIpc) is 3.12. The second kappa shape index (κ2) is 9.64. The Morgan fingerprint density at radius 3 is 2.34 bits per heavy atom. The Labute approximate surface area is 219 Å². The number of carbonyl (C=O) groups is 2. The third-order valence-corrected chi connectivity index (χ3v) is 8.85. The summed E-state index contributed by atoms with van der Waals surface area (Å²) in [6.45, 7) is 7.04. The smallest absolute Gasteiger partial charge is 0.306 e. The van der Waals surface area contributed by atoms with Gasteiger partial charge in [0.05, 0.1) is 11.6 Å². The lowest BCUT2D eigenvalue weighted by molar-refractivity contribution is -0.143. The van der Waals surface area contributed by atoms with Crippen molar-refractivity contribution in [3.05, 3.63) is 55.7 Å². The number of alkyl halides is 1. The van der Waals surface area contributed by atoms with Crippen LogP contribution in [0.15, 0.2) is 29.3 Å². The molecule has 2 aliphatic rings. The zero-order valence-corrected chi connectivity index (χ0v) is 22.6. The quantitative estimate of drug-likeness (QED) is 0.279. The number of carbonyl (C=O) groups excluding carboxylic acids is 1. The number of hydrogen-bond donors (Lipinski definition) is 2. The predicted octanol–water partition coefficient (Wildman–Crippen LogP) is 7.02. The van der Waals surface area contributed by atoms with Gasteiger partial charge in [-0.2, -0.15) is 0 Å². The highest BCUT2D eigenvalue weighted by Crippen LogP contribution is 2.44. The molecule has 0 radical (unpaired) electrons. The minimum absolute atomic E-state index is 0.00912. The minimum Gasteiger partial charge on any atom is -0.508 e. The minimum atomic E-state index is -1.47. The van der Waals surface area contributed by atoms with Crippen molar-refractivity contribution in [2.24, 2.45) is 16.8 Å². The molecule has 2 aromatic carbocycles. The SMILES string of the molecule is Cc1c(C(C)(C)F)ccc2c1N=C(Cc1c(O)ccc(C(=O)C3CCC(C(=O)O)CC3)c1I)C2C. The van der Waals surface area contributed by atoms with Gasteiger partial charge in [-0.1, -0.05) is 19.1 Å². The van der Waals surface area contributed by atoms with Gasteiger partial charge in [0.15, 0.2) is 5.78 Å². The molecule has 2 aromatic rings. The number of Topliss-reactive ketones (excluding diaryl/α,β-unsaturated/α-hetero) is 1. The number of ketones is 1. The zero-order valence-electron chi connectivity index (χ0n) is 20.5. The van der Waals surface area contributed by atoms with E-state index in [9.17, 15) is 24.2 Å². The number of aliphatic imine (C=N–C) groups is 1. The third-order valence-electron chi connectivity index (χ3n) is 7.61. The number of carboxylic acid groups (broad SMARTS) is 1. The molecular formula is C28H31FINO4. The van der Waals surface area contributed by atoms with Gasteiger partial charge in [-0.15, -0.1) is 0 Å². The lowest BCUT2D eigenvalue weighted by Crippen LogP contribution is -2.26. The molecule has 0 amide bonds. The number of nitrogens with zero attached hydrogens (tertiary/aromatic N) is 1. The number of aliphatic carboxylic acids is 1. The summed E-state index contributed by atoms with van der Waals surface area (Å²) in [5.74, 6) is -1.22.